The number of ether oxygens (including phenoxy) is 1. The van der Waals surface area contributed by atoms with Crippen LogP contribution in [0.5, 0.6) is 5.75 Å². The molecule has 0 aliphatic rings. The predicted octanol–water partition coefficient (Wildman–Crippen LogP) is 2.35. The molecule has 1 aromatic rings. The molecule has 0 saturated carbocycles. The Balaban J connectivity index is 2.99. The van der Waals surface area contributed by atoms with E-state index in [1.54, 1.807) is 6.07 Å². The number of halogens is 1. The van der Waals surface area contributed by atoms with Gasteiger partial charge < -0.3 is 15.2 Å². The molecule has 2 N–H and O–H groups in total. The van der Waals surface area contributed by atoms with Gasteiger partial charge in [0.25, 0.3) is 0 Å². The summed E-state index contributed by atoms with van der Waals surface area (Å²) in [7, 11) is 0. The highest BCUT2D eigenvalue weighted by Crippen LogP contribution is 2.27. The van der Waals surface area contributed by atoms with E-state index in [9.17, 15) is 9.18 Å². The van der Waals surface area contributed by atoms with Crippen molar-refractivity contribution in [2.45, 2.75) is 32.9 Å². The molecular weight excluding hydrogens is 237 g/mol. The fourth-order valence-corrected chi connectivity index (χ4v) is 1.62. The summed E-state index contributed by atoms with van der Waals surface area (Å²) >= 11 is 0. The lowest BCUT2D eigenvalue weighted by atomic mass is 10.1. The number of benzene rings is 1. The molecule has 1 aromatic carbocycles. The molecular formula is C13H18FNO3. The van der Waals surface area contributed by atoms with Gasteiger partial charge in [-0.05, 0) is 26.5 Å². The lowest BCUT2D eigenvalue weighted by molar-refractivity contribution is -0.144. The highest BCUT2D eigenvalue weighted by molar-refractivity contribution is 5.72. The van der Waals surface area contributed by atoms with E-state index in [0.29, 0.717) is 0 Å². The first-order valence-corrected chi connectivity index (χ1v) is 5.88. The second-order valence-electron chi connectivity index (χ2n) is 4.06. The van der Waals surface area contributed by atoms with Gasteiger partial charge in [0.15, 0.2) is 6.10 Å². The minimum Gasteiger partial charge on any atom is -0.479 e. The fraction of sp³-hybridized carbons (Fsp3) is 0.462. The number of carboxylic acids is 1. The fourth-order valence-electron chi connectivity index (χ4n) is 1.62. The smallest absolute Gasteiger partial charge is 0.344 e. The van der Waals surface area contributed by atoms with Crippen molar-refractivity contribution in [3.63, 3.8) is 0 Å². The van der Waals surface area contributed by atoms with Gasteiger partial charge in [-0.1, -0.05) is 13.0 Å². The quantitative estimate of drug-likeness (QED) is 0.819. The summed E-state index contributed by atoms with van der Waals surface area (Å²) in [6.45, 7) is 6.04. The topological polar surface area (TPSA) is 58.6 Å². The third-order valence-electron chi connectivity index (χ3n) is 2.60. The summed E-state index contributed by atoms with van der Waals surface area (Å²) in [5, 5.41) is 12.0. The van der Waals surface area contributed by atoms with E-state index in [4.69, 9.17) is 9.84 Å². The van der Waals surface area contributed by atoms with Crippen LogP contribution in [0.25, 0.3) is 0 Å². The van der Waals surface area contributed by atoms with Crippen LogP contribution in [0.2, 0.25) is 0 Å². The Morgan fingerprint density at radius 2 is 2.17 bits per heavy atom. The monoisotopic (exact) mass is 255 g/mol. The first-order valence-electron chi connectivity index (χ1n) is 5.88. The Labute approximate surface area is 106 Å². The van der Waals surface area contributed by atoms with Crippen LogP contribution in [0, 0.1) is 5.82 Å². The minimum atomic E-state index is -1.08. The van der Waals surface area contributed by atoms with Crippen LogP contribution in [-0.4, -0.2) is 23.7 Å². The van der Waals surface area contributed by atoms with Gasteiger partial charge in [-0.15, -0.1) is 0 Å². The molecule has 0 aliphatic heterocycles. The molecule has 0 aromatic heterocycles. The maximum atomic E-state index is 13.2. The first-order chi connectivity index (χ1) is 8.45. The minimum absolute atomic E-state index is 0.0356. The summed E-state index contributed by atoms with van der Waals surface area (Å²) < 4.78 is 18.5. The van der Waals surface area contributed by atoms with E-state index in [-0.39, 0.29) is 11.8 Å². The Morgan fingerprint density at radius 1 is 1.50 bits per heavy atom. The molecule has 2 unspecified atom stereocenters. The number of rotatable bonds is 6. The Bertz CT molecular complexity index is 423. The summed E-state index contributed by atoms with van der Waals surface area (Å²) in [5.41, 5.74) is 0.742. The Hall–Kier alpha value is -1.62. The van der Waals surface area contributed by atoms with Gasteiger partial charge in [-0.2, -0.15) is 0 Å². The van der Waals surface area contributed by atoms with Gasteiger partial charge in [-0.25, -0.2) is 9.18 Å². The summed E-state index contributed by atoms with van der Waals surface area (Å²) in [6.07, 6.45) is -1.01. The maximum absolute atomic E-state index is 13.2. The molecule has 0 saturated heterocycles. The van der Waals surface area contributed by atoms with Crippen LogP contribution in [0.4, 0.5) is 4.39 Å². The first kappa shape index (κ1) is 14.4. The third kappa shape index (κ3) is 3.70. The molecule has 5 heteroatoms. The number of hydrogen-bond acceptors (Lipinski definition) is 3. The number of carboxylic acid groups (broad SMARTS) is 1. The van der Waals surface area contributed by atoms with Crippen molar-refractivity contribution in [1.82, 2.24) is 5.32 Å². The molecule has 0 aliphatic carbocycles. The van der Waals surface area contributed by atoms with E-state index >= 15 is 0 Å². The molecule has 0 heterocycles. The second kappa shape index (κ2) is 6.35. The second-order valence-corrected chi connectivity index (χ2v) is 4.06. The SMILES string of the molecule is CCNC(C)c1ccc(F)cc1OC(C)C(=O)O. The van der Waals surface area contributed by atoms with Gasteiger partial charge in [0.2, 0.25) is 0 Å². The van der Waals surface area contributed by atoms with Crippen LogP contribution < -0.4 is 10.1 Å². The van der Waals surface area contributed by atoms with Gasteiger partial charge >= 0.3 is 5.97 Å². The third-order valence-corrected chi connectivity index (χ3v) is 2.60. The van der Waals surface area contributed by atoms with Crippen molar-refractivity contribution >= 4 is 5.97 Å². The average Bonchev–Trinajstić information content (AvgIpc) is 2.29. The number of hydrogen-bond donors (Lipinski definition) is 2. The molecule has 18 heavy (non-hydrogen) atoms. The van der Waals surface area contributed by atoms with Crippen LogP contribution in [0.3, 0.4) is 0 Å². The van der Waals surface area contributed by atoms with E-state index in [1.165, 1.54) is 19.1 Å². The zero-order valence-electron chi connectivity index (χ0n) is 10.7. The van der Waals surface area contributed by atoms with Crippen LogP contribution in [0.1, 0.15) is 32.4 Å². The lowest BCUT2D eigenvalue weighted by Gasteiger charge is -2.19. The molecule has 100 valence electrons. The lowest BCUT2D eigenvalue weighted by Crippen LogP contribution is -2.25. The molecule has 0 fully saturated rings. The predicted molar refractivity (Wildman–Crippen MR) is 66.2 cm³/mol. The zero-order valence-corrected chi connectivity index (χ0v) is 10.7. The number of aliphatic carboxylic acids is 1. The van der Waals surface area contributed by atoms with Gasteiger partial charge in [-0.3, -0.25) is 0 Å². The molecule has 0 amide bonds. The maximum Gasteiger partial charge on any atom is 0.344 e. The molecule has 0 spiro atoms. The molecule has 0 bridgehead atoms. The number of nitrogens with one attached hydrogen (secondary N) is 1. The Kier molecular flexibility index (Phi) is 5.09. The van der Waals surface area contributed by atoms with E-state index < -0.39 is 17.9 Å². The normalized spacial score (nSPS) is 14.0. The largest absolute Gasteiger partial charge is 0.479 e. The molecule has 0 radical (unpaired) electrons. The van der Waals surface area contributed by atoms with E-state index in [0.717, 1.165) is 12.1 Å². The zero-order chi connectivity index (χ0) is 13.7. The van der Waals surface area contributed by atoms with Gasteiger partial charge in [0, 0.05) is 17.7 Å². The highest BCUT2D eigenvalue weighted by Gasteiger charge is 2.17. The van der Waals surface area contributed by atoms with Crippen molar-refractivity contribution in [2.75, 3.05) is 6.54 Å². The van der Waals surface area contributed by atoms with Crippen molar-refractivity contribution in [2.24, 2.45) is 0 Å². The van der Waals surface area contributed by atoms with Crippen molar-refractivity contribution in [3.8, 4) is 5.75 Å². The van der Waals surface area contributed by atoms with Crippen molar-refractivity contribution in [1.29, 1.82) is 0 Å². The Morgan fingerprint density at radius 3 is 2.72 bits per heavy atom. The highest BCUT2D eigenvalue weighted by atomic mass is 19.1. The van der Waals surface area contributed by atoms with Gasteiger partial charge in [0.1, 0.15) is 11.6 Å². The van der Waals surface area contributed by atoms with Crippen molar-refractivity contribution < 1.29 is 19.0 Å². The molecule has 2 atom stereocenters. The van der Waals surface area contributed by atoms with E-state index in [2.05, 4.69) is 5.32 Å². The van der Waals surface area contributed by atoms with E-state index in [1.807, 2.05) is 13.8 Å². The van der Waals surface area contributed by atoms with Crippen LogP contribution in [0.15, 0.2) is 18.2 Å². The van der Waals surface area contributed by atoms with Crippen LogP contribution in [-0.2, 0) is 4.79 Å². The summed E-state index contributed by atoms with van der Waals surface area (Å²) in [6, 6.07) is 4.11. The van der Waals surface area contributed by atoms with Crippen molar-refractivity contribution in [3.05, 3.63) is 29.6 Å². The average molecular weight is 255 g/mol. The van der Waals surface area contributed by atoms with Crippen LogP contribution >= 0.6 is 0 Å². The standard InChI is InChI=1S/C13H18FNO3/c1-4-15-8(2)11-6-5-10(14)7-12(11)18-9(3)13(16)17/h5-9,15H,4H2,1-3H3,(H,16,17). The molecule has 4 nitrogen and oxygen atoms in total. The summed E-state index contributed by atoms with van der Waals surface area (Å²) in [4.78, 5) is 10.8. The molecule has 1 rings (SSSR count). The summed E-state index contributed by atoms with van der Waals surface area (Å²) in [5.74, 6) is -1.27. The number of carbonyl (C=O) groups is 1. The van der Waals surface area contributed by atoms with Gasteiger partial charge in [0.05, 0.1) is 0 Å².